The summed E-state index contributed by atoms with van der Waals surface area (Å²) >= 11 is 0. The van der Waals surface area contributed by atoms with E-state index in [9.17, 15) is 4.79 Å². The third kappa shape index (κ3) is 4.57. The number of para-hydroxylation sites is 4. The summed E-state index contributed by atoms with van der Waals surface area (Å²) in [7, 11) is 0. The van der Waals surface area contributed by atoms with Gasteiger partial charge in [-0.05, 0) is 71.3 Å². The predicted octanol–water partition coefficient (Wildman–Crippen LogP) is 10.9. The Morgan fingerprint density at radius 1 is 0.458 bits per heavy atom. The van der Waals surface area contributed by atoms with Crippen molar-refractivity contribution in [3.63, 3.8) is 0 Å². The molecule has 0 fully saturated rings. The fourth-order valence-electron chi connectivity index (χ4n) is 7.10. The van der Waals surface area contributed by atoms with Gasteiger partial charge in [-0.25, -0.2) is 4.79 Å². The van der Waals surface area contributed by atoms with Gasteiger partial charge in [0.1, 0.15) is 6.61 Å². The standard InChI is InChI=1S/C44H30N2O2/c47-44(48-29-30-13-2-1-3-14-30)38-26-25-33(46-42-23-10-6-19-36(42)37-20-7-11-24-43(37)46)28-39(38)31-15-12-16-32(27-31)45-40-21-8-4-17-34(40)35-18-5-9-22-41(35)45/h1-28H,29H2. The summed E-state index contributed by atoms with van der Waals surface area (Å²) in [6, 6.07) is 58.3. The van der Waals surface area contributed by atoms with Crippen LogP contribution in [0.25, 0.3) is 66.1 Å². The Morgan fingerprint density at radius 2 is 0.938 bits per heavy atom. The van der Waals surface area contributed by atoms with E-state index in [0.29, 0.717) is 5.56 Å². The van der Waals surface area contributed by atoms with Crippen LogP contribution in [-0.2, 0) is 11.3 Å². The van der Waals surface area contributed by atoms with Gasteiger partial charge in [-0.2, -0.15) is 0 Å². The van der Waals surface area contributed by atoms with Gasteiger partial charge in [0.05, 0.1) is 27.6 Å². The zero-order chi connectivity index (χ0) is 32.0. The predicted molar refractivity (Wildman–Crippen MR) is 196 cm³/mol. The molecule has 4 nitrogen and oxygen atoms in total. The number of esters is 1. The van der Waals surface area contributed by atoms with Crippen molar-refractivity contribution in [2.24, 2.45) is 0 Å². The van der Waals surface area contributed by atoms with Crippen LogP contribution in [0.4, 0.5) is 0 Å². The third-order valence-electron chi connectivity index (χ3n) is 9.27. The molecule has 4 heteroatoms. The van der Waals surface area contributed by atoms with Gasteiger partial charge in [0.2, 0.25) is 0 Å². The minimum absolute atomic E-state index is 0.203. The molecule has 0 atom stereocenters. The Morgan fingerprint density at radius 3 is 1.48 bits per heavy atom. The molecule has 2 heterocycles. The quantitative estimate of drug-likeness (QED) is 0.174. The first-order chi connectivity index (χ1) is 23.7. The van der Waals surface area contributed by atoms with Gasteiger partial charge >= 0.3 is 5.97 Å². The number of hydrogen-bond acceptors (Lipinski definition) is 2. The molecule has 2 aromatic heterocycles. The van der Waals surface area contributed by atoms with Crippen LogP contribution in [0.1, 0.15) is 15.9 Å². The van der Waals surface area contributed by atoms with Gasteiger partial charge in [0.15, 0.2) is 0 Å². The minimum Gasteiger partial charge on any atom is -0.457 e. The number of nitrogens with zero attached hydrogens (tertiary/aromatic N) is 2. The fourth-order valence-corrected chi connectivity index (χ4v) is 7.10. The lowest BCUT2D eigenvalue weighted by atomic mass is 9.98. The van der Waals surface area contributed by atoms with E-state index < -0.39 is 0 Å². The second kappa shape index (κ2) is 11.4. The smallest absolute Gasteiger partial charge is 0.339 e. The summed E-state index contributed by atoms with van der Waals surface area (Å²) in [4.78, 5) is 13.9. The summed E-state index contributed by atoms with van der Waals surface area (Å²) in [5.74, 6) is -0.357. The molecule has 0 N–H and O–H groups in total. The molecule has 228 valence electrons. The average molecular weight is 619 g/mol. The number of benzene rings is 7. The van der Waals surface area contributed by atoms with Crippen LogP contribution in [0.3, 0.4) is 0 Å². The van der Waals surface area contributed by atoms with Crippen LogP contribution in [0, 0.1) is 0 Å². The molecule has 0 spiro atoms. The highest BCUT2D eigenvalue weighted by Gasteiger charge is 2.20. The second-order valence-corrected chi connectivity index (χ2v) is 12.1. The molecule has 9 rings (SSSR count). The van der Waals surface area contributed by atoms with Crippen molar-refractivity contribution in [3.05, 3.63) is 181 Å². The van der Waals surface area contributed by atoms with Crippen molar-refractivity contribution in [2.45, 2.75) is 6.61 Å². The molecule has 0 unspecified atom stereocenters. The van der Waals surface area contributed by atoms with Gasteiger partial charge in [-0.3, -0.25) is 0 Å². The van der Waals surface area contributed by atoms with Crippen molar-refractivity contribution >= 4 is 49.6 Å². The Labute approximate surface area is 277 Å². The molecule has 0 aliphatic heterocycles. The zero-order valence-electron chi connectivity index (χ0n) is 26.1. The first kappa shape index (κ1) is 27.9. The van der Waals surface area contributed by atoms with Gasteiger partial charge in [-0.1, -0.05) is 115 Å². The number of hydrogen-bond donors (Lipinski definition) is 0. The summed E-state index contributed by atoms with van der Waals surface area (Å²) in [6.45, 7) is 0.203. The number of rotatable bonds is 6. The van der Waals surface area contributed by atoms with E-state index >= 15 is 0 Å². The van der Waals surface area contributed by atoms with Crippen molar-refractivity contribution < 1.29 is 9.53 Å². The van der Waals surface area contributed by atoms with E-state index in [-0.39, 0.29) is 12.6 Å². The lowest BCUT2D eigenvalue weighted by Crippen LogP contribution is -2.08. The van der Waals surface area contributed by atoms with Crippen molar-refractivity contribution in [3.8, 4) is 22.5 Å². The van der Waals surface area contributed by atoms with Crippen molar-refractivity contribution in [1.82, 2.24) is 9.13 Å². The molecule has 0 aliphatic carbocycles. The average Bonchev–Trinajstić information content (AvgIpc) is 3.67. The summed E-state index contributed by atoms with van der Waals surface area (Å²) in [5, 5.41) is 4.79. The van der Waals surface area contributed by atoms with Gasteiger partial charge < -0.3 is 13.9 Å². The van der Waals surface area contributed by atoms with Crippen LogP contribution in [0.5, 0.6) is 0 Å². The number of fused-ring (bicyclic) bond motifs is 6. The van der Waals surface area contributed by atoms with Gasteiger partial charge in [-0.15, -0.1) is 0 Å². The van der Waals surface area contributed by atoms with E-state index in [1.165, 1.54) is 21.5 Å². The highest BCUT2D eigenvalue weighted by Crippen LogP contribution is 2.37. The highest BCUT2D eigenvalue weighted by atomic mass is 16.5. The zero-order valence-corrected chi connectivity index (χ0v) is 26.1. The van der Waals surface area contributed by atoms with E-state index in [1.54, 1.807) is 0 Å². The maximum atomic E-state index is 13.9. The number of carbonyl (C=O) groups excluding carboxylic acids is 1. The Kier molecular flexibility index (Phi) is 6.65. The lowest BCUT2D eigenvalue weighted by molar-refractivity contribution is 0.0473. The topological polar surface area (TPSA) is 36.2 Å². The van der Waals surface area contributed by atoms with Crippen molar-refractivity contribution in [2.75, 3.05) is 0 Å². The lowest BCUT2D eigenvalue weighted by Gasteiger charge is -2.16. The summed E-state index contributed by atoms with van der Waals surface area (Å²) < 4.78 is 10.5. The monoisotopic (exact) mass is 618 g/mol. The SMILES string of the molecule is O=C(OCc1ccccc1)c1ccc(-n2c3ccccc3c3ccccc32)cc1-c1cccc(-n2c3ccccc3c3ccccc32)c1. The first-order valence-corrected chi connectivity index (χ1v) is 16.2. The normalized spacial score (nSPS) is 11.5. The van der Waals surface area contributed by atoms with Crippen molar-refractivity contribution in [1.29, 1.82) is 0 Å². The molecule has 7 aromatic carbocycles. The van der Waals surface area contributed by atoms with E-state index in [2.05, 4.69) is 137 Å². The number of ether oxygens (including phenoxy) is 1. The fraction of sp³-hybridized carbons (Fsp3) is 0.0227. The minimum atomic E-state index is -0.357. The summed E-state index contributed by atoms with van der Waals surface area (Å²) in [6.07, 6.45) is 0. The van der Waals surface area contributed by atoms with Crippen LogP contribution in [0.15, 0.2) is 170 Å². The maximum absolute atomic E-state index is 13.9. The first-order valence-electron chi connectivity index (χ1n) is 16.2. The molecule has 0 saturated heterocycles. The second-order valence-electron chi connectivity index (χ2n) is 12.1. The molecule has 0 amide bonds. The van der Waals surface area contributed by atoms with E-state index in [1.807, 2.05) is 42.5 Å². The largest absolute Gasteiger partial charge is 0.457 e. The molecule has 0 bridgehead atoms. The van der Waals surface area contributed by atoms with Gasteiger partial charge in [0.25, 0.3) is 0 Å². The maximum Gasteiger partial charge on any atom is 0.339 e. The summed E-state index contributed by atoms with van der Waals surface area (Å²) in [5.41, 5.74) is 9.72. The number of carbonyl (C=O) groups is 1. The molecule has 48 heavy (non-hydrogen) atoms. The number of aromatic nitrogens is 2. The van der Waals surface area contributed by atoms with Crippen LogP contribution < -0.4 is 0 Å². The Hall–Kier alpha value is -6.39. The molecular weight excluding hydrogens is 588 g/mol. The van der Waals surface area contributed by atoms with E-state index in [4.69, 9.17) is 4.74 Å². The molecule has 0 aliphatic rings. The molecular formula is C44H30N2O2. The van der Waals surface area contributed by atoms with Crippen LogP contribution in [-0.4, -0.2) is 15.1 Å². The van der Waals surface area contributed by atoms with Crippen LogP contribution in [0.2, 0.25) is 0 Å². The molecule has 0 radical (unpaired) electrons. The van der Waals surface area contributed by atoms with Crippen LogP contribution >= 0.6 is 0 Å². The third-order valence-corrected chi connectivity index (χ3v) is 9.27. The molecule has 9 aromatic rings. The Balaban J connectivity index is 1.24. The Bertz CT molecular complexity index is 2540. The van der Waals surface area contributed by atoms with Gasteiger partial charge in [0, 0.05) is 32.9 Å². The van der Waals surface area contributed by atoms with E-state index in [0.717, 1.165) is 50.1 Å². The highest BCUT2D eigenvalue weighted by molar-refractivity contribution is 6.10. The molecule has 0 saturated carbocycles.